The lowest BCUT2D eigenvalue weighted by Crippen LogP contribution is -2.33. The Morgan fingerprint density at radius 2 is 1.82 bits per heavy atom. The Balaban J connectivity index is 1.73. The molecule has 1 saturated heterocycles. The first-order valence-electron chi connectivity index (χ1n) is 12.0. The average Bonchev–Trinajstić information content (AvgIpc) is 3.47. The van der Waals surface area contributed by atoms with Gasteiger partial charge >= 0.3 is 0 Å². The van der Waals surface area contributed by atoms with Crippen molar-refractivity contribution >= 4 is 34.8 Å². The molecule has 1 amide bonds. The summed E-state index contributed by atoms with van der Waals surface area (Å²) in [6, 6.07) is 11.7. The van der Waals surface area contributed by atoms with E-state index in [9.17, 15) is 4.79 Å². The number of rotatable bonds is 5. The number of fused-ring (bicyclic) bond motifs is 1. The van der Waals surface area contributed by atoms with Gasteiger partial charge in [0.2, 0.25) is 0 Å². The third-order valence-electron chi connectivity index (χ3n) is 7.04. The average molecular weight is 497 g/mol. The lowest BCUT2D eigenvalue weighted by Gasteiger charge is -2.30. The van der Waals surface area contributed by atoms with Crippen LogP contribution in [-0.2, 0) is 6.54 Å². The number of aryl methyl sites for hydroxylation is 2. The van der Waals surface area contributed by atoms with E-state index < -0.39 is 0 Å². The first-order chi connectivity index (χ1) is 16.3. The molecule has 2 aromatic carbocycles. The molecule has 5 rings (SSSR count). The second-order valence-corrected chi connectivity index (χ2v) is 10.7. The molecule has 3 aromatic rings. The predicted molar refractivity (Wildman–Crippen MR) is 138 cm³/mol. The number of carbonyl (C=O) groups excluding carboxylic acids is 1. The molecule has 0 aliphatic carbocycles. The van der Waals surface area contributed by atoms with E-state index >= 15 is 0 Å². The molecular formula is C27H30Cl2N4O. The fourth-order valence-electron chi connectivity index (χ4n) is 5.48. The molecule has 0 radical (unpaired) electrons. The van der Waals surface area contributed by atoms with E-state index in [-0.39, 0.29) is 17.9 Å². The van der Waals surface area contributed by atoms with E-state index in [0.717, 1.165) is 53.1 Å². The number of nitrogens with one attached hydrogen (secondary N) is 1. The van der Waals surface area contributed by atoms with Gasteiger partial charge in [0.15, 0.2) is 5.69 Å². The van der Waals surface area contributed by atoms with Crippen LogP contribution in [0.4, 0.5) is 5.69 Å². The van der Waals surface area contributed by atoms with Crippen LogP contribution in [0.5, 0.6) is 0 Å². The van der Waals surface area contributed by atoms with Crippen molar-refractivity contribution in [3.8, 4) is 0 Å². The van der Waals surface area contributed by atoms with Crippen LogP contribution in [0.1, 0.15) is 77.1 Å². The van der Waals surface area contributed by atoms with Crippen molar-refractivity contribution in [3.63, 3.8) is 0 Å². The summed E-state index contributed by atoms with van der Waals surface area (Å²) in [5, 5.41) is 9.79. The predicted octanol–water partition coefficient (Wildman–Crippen LogP) is 6.43. The third-order valence-corrected chi connectivity index (χ3v) is 7.51. The summed E-state index contributed by atoms with van der Waals surface area (Å²) >= 11 is 12.7. The number of aromatic nitrogens is 2. The highest BCUT2D eigenvalue weighted by Crippen LogP contribution is 2.47. The topological polar surface area (TPSA) is 50.2 Å². The minimum absolute atomic E-state index is 0.0836. The Kier molecular flexibility index (Phi) is 6.21. The number of anilines is 1. The molecule has 1 N–H and O–H groups in total. The van der Waals surface area contributed by atoms with Gasteiger partial charge < -0.3 is 5.32 Å². The molecule has 2 aliphatic heterocycles. The number of hydrogen-bond acceptors (Lipinski definition) is 3. The third kappa shape index (κ3) is 3.94. The normalized spacial score (nSPS) is 20.0. The zero-order chi connectivity index (χ0) is 24.1. The van der Waals surface area contributed by atoms with Gasteiger partial charge in [0, 0.05) is 33.0 Å². The smallest absolute Gasteiger partial charge is 0.280 e. The summed E-state index contributed by atoms with van der Waals surface area (Å²) < 4.78 is 2.08. The summed E-state index contributed by atoms with van der Waals surface area (Å²) in [5.74, 6) is 0.126. The van der Waals surface area contributed by atoms with Crippen molar-refractivity contribution in [2.24, 2.45) is 0 Å². The summed E-state index contributed by atoms with van der Waals surface area (Å²) in [7, 11) is 0. The standard InChI is InChI=1S/C27H30Cl2N4O/c1-15(2)25-23-24(31-32(25)14-20-6-5-11-30-20)27(34)33(22-13-19(29)8-7-16(22)3)26(23)21-10-9-18(28)12-17(21)4/h7-10,12-13,15,20,26,30H,5-6,11,14H2,1-4H3/t20-,26?/m1/s1. The van der Waals surface area contributed by atoms with Gasteiger partial charge in [-0.05, 0) is 80.1 Å². The minimum Gasteiger partial charge on any atom is -0.312 e. The Morgan fingerprint density at radius 1 is 1.09 bits per heavy atom. The van der Waals surface area contributed by atoms with Crippen LogP contribution in [0.25, 0.3) is 0 Å². The second-order valence-electron chi connectivity index (χ2n) is 9.79. The molecule has 3 heterocycles. The maximum absolute atomic E-state index is 14.0. The van der Waals surface area contributed by atoms with E-state index in [0.29, 0.717) is 21.8 Å². The second kappa shape index (κ2) is 9.03. The molecule has 7 heteroatoms. The highest BCUT2D eigenvalue weighted by molar-refractivity contribution is 6.31. The van der Waals surface area contributed by atoms with Crippen LogP contribution in [0.15, 0.2) is 36.4 Å². The number of amides is 1. The van der Waals surface area contributed by atoms with Crippen molar-refractivity contribution < 1.29 is 4.79 Å². The molecule has 2 aliphatic rings. The van der Waals surface area contributed by atoms with E-state index in [1.165, 1.54) is 6.42 Å². The summed E-state index contributed by atoms with van der Waals surface area (Å²) in [4.78, 5) is 15.9. The lowest BCUT2D eigenvalue weighted by molar-refractivity contribution is 0.0987. The Labute approximate surface area is 211 Å². The first kappa shape index (κ1) is 23.4. The van der Waals surface area contributed by atoms with Crippen LogP contribution in [0, 0.1) is 13.8 Å². The highest BCUT2D eigenvalue weighted by atomic mass is 35.5. The van der Waals surface area contributed by atoms with Gasteiger partial charge in [-0.3, -0.25) is 14.4 Å². The van der Waals surface area contributed by atoms with Gasteiger partial charge in [-0.15, -0.1) is 0 Å². The Hall–Kier alpha value is -2.34. The molecule has 2 atom stereocenters. The number of halogens is 2. The number of nitrogens with zero attached hydrogens (tertiary/aromatic N) is 3. The van der Waals surface area contributed by atoms with Crippen LogP contribution in [0.2, 0.25) is 10.0 Å². The van der Waals surface area contributed by atoms with Gasteiger partial charge in [0.1, 0.15) is 0 Å². The Morgan fingerprint density at radius 3 is 2.50 bits per heavy atom. The molecule has 1 aromatic heterocycles. The van der Waals surface area contributed by atoms with Crippen LogP contribution >= 0.6 is 23.2 Å². The molecule has 1 fully saturated rings. The zero-order valence-electron chi connectivity index (χ0n) is 20.0. The van der Waals surface area contributed by atoms with E-state index in [1.807, 2.05) is 48.2 Å². The molecule has 34 heavy (non-hydrogen) atoms. The number of carbonyl (C=O) groups is 1. The van der Waals surface area contributed by atoms with Gasteiger partial charge in [-0.25, -0.2) is 0 Å². The van der Waals surface area contributed by atoms with Crippen molar-refractivity contribution in [3.05, 3.63) is 80.1 Å². The van der Waals surface area contributed by atoms with E-state index in [1.54, 1.807) is 0 Å². The quantitative estimate of drug-likeness (QED) is 0.442. The van der Waals surface area contributed by atoms with E-state index in [2.05, 4.69) is 30.8 Å². The summed E-state index contributed by atoms with van der Waals surface area (Å²) in [6.45, 7) is 10.2. The van der Waals surface area contributed by atoms with Crippen molar-refractivity contribution in [1.82, 2.24) is 15.1 Å². The molecular weight excluding hydrogens is 467 g/mol. The van der Waals surface area contributed by atoms with Crippen molar-refractivity contribution in [2.45, 2.75) is 65.1 Å². The largest absolute Gasteiger partial charge is 0.312 e. The Bertz CT molecular complexity index is 1260. The maximum Gasteiger partial charge on any atom is 0.280 e. The summed E-state index contributed by atoms with van der Waals surface area (Å²) in [5.41, 5.74) is 6.57. The monoisotopic (exact) mass is 496 g/mol. The van der Waals surface area contributed by atoms with Crippen molar-refractivity contribution in [1.29, 1.82) is 0 Å². The molecule has 0 saturated carbocycles. The fraction of sp³-hybridized carbons (Fsp3) is 0.407. The summed E-state index contributed by atoms with van der Waals surface area (Å²) in [6.07, 6.45) is 2.31. The van der Waals surface area contributed by atoms with Crippen LogP contribution in [-0.4, -0.2) is 28.3 Å². The van der Waals surface area contributed by atoms with Gasteiger partial charge in [0.05, 0.1) is 12.6 Å². The zero-order valence-corrected chi connectivity index (χ0v) is 21.5. The SMILES string of the molecule is Cc1cc(Cl)ccc1C1c2c(nn(C[C@H]3CCCN3)c2C(C)C)C(=O)N1c1cc(Cl)ccc1C. The highest BCUT2D eigenvalue weighted by Gasteiger charge is 2.45. The molecule has 1 unspecified atom stereocenters. The van der Waals surface area contributed by atoms with Gasteiger partial charge in [0.25, 0.3) is 5.91 Å². The van der Waals surface area contributed by atoms with Gasteiger partial charge in [-0.2, -0.15) is 5.10 Å². The maximum atomic E-state index is 14.0. The minimum atomic E-state index is -0.292. The lowest BCUT2D eigenvalue weighted by atomic mass is 9.91. The molecule has 0 spiro atoms. The van der Waals surface area contributed by atoms with Crippen LogP contribution < -0.4 is 10.2 Å². The molecule has 5 nitrogen and oxygen atoms in total. The molecule has 0 bridgehead atoms. The molecule has 178 valence electrons. The fourth-order valence-corrected chi connectivity index (χ4v) is 5.87. The first-order valence-corrected chi connectivity index (χ1v) is 12.7. The van der Waals surface area contributed by atoms with Gasteiger partial charge in [-0.1, -0.05) is 49.2 Å². The number of hydrogen-bond donors (Lipinski definition) is 1. The number of benzene rings is 2. The van der Waals surface area contributed by atoms with Crippen LogP contribution in [0.3, 0.4) is 0 Å². The van der Waals surface area contributed by atoms with E-state index in [4.69, 9.17) is 28.3 Å². The van der Waals surface area contributed by atoms with Crippen molar-refractivity contribution in [2.75, 3.05) is 11.4 Å².